The molecule has 1 aliphatic carbocycles. The van der Waals surface area contributed by atoms with Gasteiger partial charge in [-0.2, -0.15) is 0 Å². The molecule has 4 heteroatoms. The van der Waals surface area contributed by atoms with Crippen LogP contribution in [-0.4, -0.2) is 15.0 Å². The zero-order chi connectivity index (χ0) is 8.67. The molecule has 0 spiro atoms. The molecule has 0 atom stereocenters. The number of aromatic nitrogens is 4. The van der Waals surface area contributed by atoms with Gasteiger partial charge in [-0.3, -0.25) is 4.98 Å². The molecule has 62 valence electrons. The average Bonchev–Trinajstić information content (AvgIpc) is 2.56. The van der Waals surface area contributed by atoms with Gasteiger partial charge in [0.2, 0.25) is 0 Å². The van der Waals surface area contributed by atoms with Gasteiger partial charge in [-0.05, 0) is 6.07 Å². The molecule has 0 saturated heterocycles. The van der Waals surface area contributed by atoms with Gasteiger partial charge in [0, 0.05) is 12.4 Å². The third kappa shape index (κ3) is 0.823. The fourth-order valence-electron chi connectivity index (χ4n) is 1.50. The highest BCUT2D eigenvalue weighted by molar-refractivity contribution is 5.92. The Morgan fingerprint density at radius 1 is 1.23 bits per heavy atom. The maximum Gasteiger partial charge on any atom is 0.255 e. The predicted octanol–water partition coefficient (Wildman–Crippen LogP) is 0.877. The van der Waals surface area contributed by atoms with E-state index in [1.165, 1.54) is 0 Å². The first-order valence-electron chi connectivity index (χ1n) is 4.03. The lowest BCUT2D eigenvalue weighted by atomic mass is 10.3. The fourth-order valence-corrected chi connectivity index (χ4v) is 1.50. The van der Waals surface area contributed by atoms with Crippen molar-refractivity contribution in [3.05, 3.63) is 30.9 Å². The molecule has 0 amide bonds. The van der Waals surface area contributed by atoms with Crippen LogP contribution in [0, 0.1) is 0 Å². The molecule has 2 heterocycles. The van der Waals surface area contributed by atoms with Crippen LogP contribution in [0.4, 0.5) is 0 Å². The van der Waals surface area contributed by atoms with Gasteiger partial charge in [0.05, 0.1) is 11.7 Å². The van der Waals surface area contributed by atoms with E-state index < -0.39 is 0 Å². The summed E-state index contributed by atoms with van der Waals surface area (Å²) in [5.41, 5.74) is 3.86. The molecule has 0 unspecified atom stereocenters. The summed E-state index contributed by atoms with van der Waals surface area (Å²) >= 11 is 0. The highest BCUT2D eigenvalue weighted by Crippen LogP contribution is 2.24. The highest BCUT2D eigenvalue weighted by atomic mass is 14.9. The molecule has 1 aromatic heterocycles. The van der Waals surface area contributed by atoms with Crippen LogP contribution in [0.2, 0.25) is 0 Å². The number of hydrogen-bond donors (Lipinski definition) is 1. The van der Waals surface area contributed by atoms with Crippen LogP contribution in [-0.2, 0) is 0 Å². The first kappa shape index (κ1) is 6.54. The molecule has 0 radical (unpaired) electrons. The number of hydrogen-bond acceptors (Lipinski definition) is 2. The third-order valence-corrected chi connectivity index (χ3v) is 2.06. The van der Waals surface area contributed by atoms with Gasteiger partial charge in [0.25, 0.3) is 5.69 Å². The van der Waals surface area contributed by atoms with E-state index in [1.54, 1.807) is 12.4 Å². The minimum atomic E-state index is 0.911. The molecule has 0 bridgehead atoms. The number of H-pyrrole nitrogens is 2. The van der Waals surface area contributed by atoms with E-state index in [0.29, 0.717) is 0 Å². The SMILES string of the molecule is c1cnc2c3[nH+]cc[nH]c-3cc2n1. The molecule has 2 aliphatic rings. The van der Waals surface area contributed by atoms with Gasteiger partial charge in [-0.1, -0.05) is 0 Å². The van der Waals surface area contributed by atoms with Crippen molar-refractivity contribution in [1.82, 2.24) is 15.0 Å². The number of aromatic amines is 2. The van der Waals surface area contributed by atoms with Gasteiger partial charge < -0.3 is 4.98 Å². The van der Waals surface area contributed by atoms with Gasteiger partial charge in [-0.15, -0.1) is 0 Å². The van der Waals surface area contributed by atoms with Crippen molar-refractivity contribution in [2.75, 3.05) is 0 Å². The Balaban J connectivity index is 2.56. The lowest BCUT2D eigenvalue weighted by molar-refractivity contribution is -0.364. The Bertz CT molecular complexity index is 528. The van der Waals surface area contributed by atoms with Crippen molar-refractivity contribution < 1.29 is 4.98 Å². The van der Waals surface area contributed by atoms with Crippen molar-refractivity contribution in [1.29, 1.82) is 0 Å². The van der Waals surface area contributed by atoms with Crippen molar-refractivity contribution in [3.63, 3.8) is 0 Å². The molecule has 1 aliphatic heterocycles. The summed E-state index contributed by atoms with van der Waals surface area (Å²) in [6, 6.07) is 1.98. The Hall–Kier alpha value is -1.97. The first-order valence-corrected chi connectivity index (χ1v) is 4.03. The second kappa shape index (κ2) is 2.26. The molecular weight excluding hydrogens is 164 g/mol. The Kier molecular flexibility index (Phi) is 1.14. The van der Waals surface area contributed by atoms with Crippen molar-refractivity contribution in [2.24, 2.45) is 0 Å². The van der Waals surface area contributed by atoms with E-state index in [0.717, 1.165) is 22.4 Å². The van der Waals surface area contributed by atoms with E-state index in [9.17, 15) is 0 Å². The molecule has 0 fully saturated rings. The second-order valence-electron chi connectivity index (χ2n) is 2.85. The Morgan fingerprint density at radius 3 is 3.15 bits per heavy atom. The third-order valence-electron chi connectivity index (χ3n) is 2.06. The smallest absolute Gasteiger partial charge is 0.255 e. The lowest BCUT2D eigenvalue weighted by Crippen LogP contribution is -2.06. The summed E-state index contributed by atoms with van der Waals surface area (Å²) in [5.74, 6) is 0. The Morgan fingerprint density at radius 2 is 2.15 bits per heavy atom. The highest BCUT2D eigenvalue weighted by Gasteiger charge is 2.17. The number of nitrogens with zero attached hydrogens (tertiary/aromatic N) is 2. The van der Waals surface area contributed by atoms with E-state index in [4.69, 9.17) is 0 Å². The molecule has 13 heavy (non-hydrogen) atoms. The van der Waals surface area contributed by atoms with Crippen LogP contribution in [0.3, 0.4) is 0 Å². The molecule has 0 aromatic carbocycles. The van der Waals surface area contributed by atoms with E-state index >= 15 is 0 Å². The molecule has 0 saturated carbocycles. The van der Waals surface area contributed by atoms with Crippen LogP contribution < -0.4 is 4.98 Å². The first-order chi connectivity index (χ1) is 6.45. The summed E-state index contributed by atoms with van der Waals surface area (Å²) < 4.78 is 0. The van der Waals surface area contributed by atoms with Gasteiger partial charge >= 0.3 is 0 Å². The van der Waals surface area contributed by atoms with Crippen LogP contribution in [0.1, 0.15) is 0 Å². The zero-order valence-corrected chi connectivity index (χ0v) is 6.78. The van der Waals surface area contributed by atoms with Gasteiger partial charge in [0.1, 0.15) is 5.69 Å². The molecule has 1 aromatic rings. The largest absolute Gasteiger partial charge is 0.351 e. The van der Waals surface area contributed by atoms with E-state index in [1.807, 2.05) is 18.5 Å². The summed E-state index contributed by atoms with van der Waals surface area (Å²) in [5, 5.41) is 0. The van der Waals surface area contributed by atoms with Crippen LogP contribution in [0.15, 0.2) is 30.9 Å². The summed E-state index contributed by atoms with van der Waals surface area (Å²) in [7, 11) is 0. The predicted molar refractivity (Wildman–Crippen MR) is 47.1 cm³/mol. The number of fused-ring (bicyclic) bond motifs is 3. The average molecular weight is 171 g/mol. The summed E-state index contributed by atoms with van der Waals surface area (Å²) in [6.45, 7) is 0. The summed E-state index contributed by atoms with van der Waals surface area (Å²) in [4.78, 5) is 14.7. The standard InChI is InChI=1S/C9H6N4/c1-3-12-8-6(10-1)5-7-9(8)13-4-2-11-7/h1-5,10H/p+1. The summed E-state index contributed by atoms with van der Waals surface area (Å²) in [6.07, 6.45) is 7.08. The van der Waals surface area contributed by atoms with Crippen LogP contribution >= 0.6 is 0 Å². The topological polar surface area (TPSA) is 55.7 Å². The van der Waals surface area contributed by atoms with Crippen molar-refractivity contribution in [3.8, 4) is 11.4 Å². The molecule has 4 nitrogen and oxygen atoms in total. The molecule has 3 rings (SSSR count). The zero-order valence-electron chi connectivity index (χ0n) is 6.78. The number of rotatable bonds is 0. The molecular formula is C9H7N4+. The normalized spacial score (nSPS) is 11.1. The maximum atomic E-state index is 4.26. The van der Waals surface area contributed by atoms with Crippen molar-refractivity contribution >= 4 is 11.0 Å². The van der Waals surface area contributed by atoms with E-state index in [2.05, 4.69) is 19.9 Å². The maximum absolute atomic E-state index is 4.26. The van der Waals surface area contributed by atoms with Crippen LogP contribution in [0.25, 0.3) is 22.4 Å². The van der Waals surface area contributed by atoms with Crippen LogP contribution in [0.5, 0.6) is 0 Å². The quantitative estimate of drug-likeness (QED) is 0.545. The minimum Gasteiger partial charge on any atom is -0.351 e. The van der Waals surface area contributed by atoms with E-state index in [-0.39, 0.29) is 0 Å². The Labute approximate surface area is 74.0 Å². The molecule has 2 N–H and O–H groups in total. The second-order valence-corrected chi connectivity index (χ2v) is 2.85. The van der Waals surface area contributed by atoms with Gasteiger partial charge in [0.15, 0.2) is 11.7 Å². The van der Waals surface area contributed by atoms with Gasteiger partial charge in [-0.25, -0.2) is 9.97 Å². The minimum absolute atomic E-state index is 0.911. The lowest BCUT2D eigenvalue weighted by Gasteiger charge is -1.88. The monoisotopic (exact) mass is 171 g/mol. The fraction of sp³-hybridized carbons (Fsp3) is 0. The number of nitrogens with one attached hydrogen (secondary N) is 2. The van der Waals surface area contributed by atoms with Crippen molar-refractivity contribution in [2.45, 2.75) is 0 Å².